The molecule has 3 heterocycles. The normalized spacial score (nSPS) is 17.4. The minimum atomic E-state index is -0.582. The lowest BCUT2D eigenvalue weighted by molar-refractivity contribution is 0.0372. The molecule has 1 aliphatic heterocycles. The summed E-state index contributed by atoms with van der Waals surface area (Å²) in [5.74, 6) is -0.345. The monoisotopic (exact) mass is 606 g/mol. The first-order chi connectivity index (χ1) is 20.6. The van der Waals surface area contributed by atoms with Gasteiger partial charge in [-0.3, -0.25) is 9.59 Å². The Labute approximate surface area is 252 Å². The third kappa shape index (κ3) is 6.18. The summed E-state index contributed by atoms with van der Waals surface area (Å²) < 4.78 is 12.6. The van der Waals surface area contributed by atoms with Gasteiger partial charge in [0.25, 0.3) is 11.8 Å². The maximum absolute atomic E-state index is 13.8. The molecule has 4 aromatic rings. The summed E-state index contributed by atoms with van der Waals surface area (Å²) in [7, 11) is 1.64. The standard InChI is InChI=1S/C30H34N6O6S/c1-16-13-36(17(2)15-37)29(39)20-9-8-11-22(31-27(38)28-32-21-10-6-7-12-24(21)43-28)26(20)41-23(16)14-35(5)30(40)33-25-18(3)34-42-19(25)4/h6-12,16-17,23,37H,13-15H2,1-5H3,(H,31,38)(H,33,40)/t16-,17+,23+/m0/s1. The molecular formula is C30H34N6O6S. The van der Waals surface area contributed by atoms with Gasteiger partial charge in [0.1, 0.15) is 17.5 Å². The predicted molar refractivity (Wildman–Crippen MR) is 163 cm³/mol. The van der Waals surface area contributed by atoms with E-state index in [9.17, 15) is 19.5 Å². The van der Waals surface area contributed by atoms with Gasteiger partial charge in [-0.1, -0.05) is 30.3 Å². The number of nitrogens with one attached hydrogen (secondary N) is 2. The molecule has 0 bridgehead atoms. The van der Waals surface area contributed by atoms with E-state index in [1.807, 2.05) is 31.2 Å². The highest BCUT2D eigenvalue weighted by Crippen LogP contribution is 2.35. The lowest BCUT2D eigenvalue weighted by Gasteiger charge is -2.38. The topological polar surface area (TPSA) is 150 Å². The molecule has 0 saturated carbocycles. The van der Waals surface area contributed by atoms with Crippen LogP contribution in [-0.4, -0.2) is 81.8 Å². The number of carbonyl (C=O) groups excluding carboxylic acids is 3. The first-order valence-corrected chi connectivity index (χ1v) is 14.7. The molecule has 13 heteroatoms. The van der Waals surface area contributed by atoms with Crippen molar-refractivity contribution in [2.75, 3.05) is 37.4 Å². The van der Waals surface area contributed by atoms with Gasteiger partial charge in [-0.25, -0.2) is 9.78 Å². The number of nitrogens with zero attached hydrogens (tertiary/aromatic N) is 4. The van der Waals surface area contributed by atoms with Crippen molar-refractivity contribution >= 4 is 50.8 Å². The van der Waals surface area contributed by atoms with E-state index in [1.165, 1.54) is 16.2 Å². The summed E-state index contributed by atoms with van der Waals surface area (Å²) in [5, 5.41) is 19.8. The largest absolute Gasteiger partial charge is 0.485 e. The number of hydrogen-bond donors (Lipinski definition) is 3. The molecule has 0 fully saturated rings. The second kappa shape index (κ2) is 12.4. The number of ether oxygens (including phenoxy) is 1. The summed E-state index contributed by atoms with van der Waals surface area (Å²) in [6, 6.07) is 11.6. The molecule has 0 aliphatic carbocycles. The van der Waals surface area contributed by atoms with Gasteiger partial charge in [0.15, 0.2) is 16.5 Å². The van der Waals surface area contributed by atoms with Crippen molar-refractivity contribution < 1.29 is 28.8 Å². The Kier molecular flexibility index (Phi) is 8.64. The number of rotatable bonds is 7. The van der Waals surface area contributed by atoms with Gasteiger partial charge in [0.05, 0.1) is 40.7 Å². The van der Waals surface area contributed by atoms with Gasteiger partial charge in [0.2, 0.25) is 0 Å². The molecule has 3 atom stereocenters. The van der Waals surface area contributed by atoms with E-state index < -0.39 is 18.1 Å². The van der Waals surface area contributed by atoms with Crippen LogP contribution in [0.25, 0.3) is 10.2 Å². The van der Waals surface area contributed by atoms with Crippen LogP contribution in [0, 0.1) is 19.8 Å². The fraction of sp³-hybridized carbons (Fsp3) is 0.367. The number of aryl methyl sites for hydroxylation is 2. The van der Waals surface area contributed by atoms with Crippen LogP contribution >= 0.6 is 11.3 Å². The Morgan fingerprint density at radius 2 is 1.95 bits per heavy atom. The zero-order valence-electron chi connectivity index (χ0n) is 24.6. The Hall–Kier alpha value is -4.49. The van der Waals surface area contributed by atoms with Crippen LogP contribution in [0.4, 0.5) is 16.2 Å². The second-order valence-corrected chi connectivity index (χ2v) is 11.8. The summed E-state index contributed by atoms with van der Waals surface area (Å²) in [4.78, 5) is 47.8. The average molecular weight is 607 g/mol. The molecule has 5 rings (SSSR count). The third-order valence-corrected chi connectivity index (χ3v) is 8.53. The minimum absolute atomic E-state index is 0.158. The minimum Gasteiger partial charge on any atom is -0.485 e. The number of aromatic nitrogens is 2. The van der Waals surface area contributed by atoms with Gasteiger partial charge in [-0.2, -0.15) is 0 Å². The molecular weight excluding hydrogens is 572 g/mol. The van der Waals surface area contributed by atoms with Gasteiger partial charge in [-0.05, 0) is 45.0 Å². The van der Waals surface area contributed by atoms with Crippen LogP contribution in [0.2, 0.25) is 0 Å². The van der Waals surface area contributed by atoms with Crippen LogP contribution in [0.5, 0.6) is 5.75 Å². The number of benzene rings is 2. The Morgan fingerprint density at radius 1 is 1.19 bits per heavy atom. The molecule has 3 N–H and O–H groups in total. The van der Waals surface area contributed by atoms with E-state index in [0.29, 0.717) is 28.3 Å². The number of hydrogen-bond acceptors (Lipinski definition) is 9. The van der Waals surface area contributed by atoms with Gasteiger partial charge >= 0.3 is 6.03 Å². The molecule has 2 aromatic carbocycles. The second-order valence-electron chi connectivity index (χ2n) is 10.8. The van der Waals surface area contributed by atoms with Crippen LogP contribution in [0.3, 0.4) is 0 Å². The Bertz CT molecular complexity index is 1620. The van der Waals surface area contributed by atoms with Gasteiger partial charge in [0, 0.05) is 19.5 Å². The van der Waals surface area contributed by atoms with E-state index in [4.69, 9.17) is 9.26 Å². The van der Waals surface area contributed by atoms with Crippen molar-refractivity contribution in [3.05, 3.63) is 64.5 Å². The average Bonchev–Trinajstić information content (AvgIpc) is 3.57. The van der Waals surface area contributed by atoms with Crippen LogP contribution in [0.15, 0.2) is 47.0 Å². The number of fused-ring (bicyclic) bond motifs is 2. The summed E-state index contributed by atoms with van der Waals surface area (Å²) in [5.41, 5.74) is 2.32. The van der Waals surface area contributed by atoms with Gasteiger partial charge < -0.3 is 34.8 Å². The van der Waals surface area contributed by atoms with Crippen molar-refractivity contribution in [2.24, 2.45) is 5.92 Å². The molecule has 0 spiro atoms. The molecule has 1 aliphatic rings. The summed E-state index contributed by atoms with van der Waals surface area (Å²) >= 11 is 1.26. The summed E-state index contributed by atoms with van der Waals surface area (Å²) in [6.45, 7) is 7.35. The lowest BCUT2D eigenvalue weighted by Crippen LogP contribution is -2.50. The van der Waals surface area contributed by atoms with E-state index in [1.54, 1.807) is 50.9 Å². The number of aliphatic hydroxyl groups is 1. The predicted octanol–water partition coefficient (Wildman–Crippen LogP) is 4.54. The first kappa shape index (κ1) is 30.0. The molecule has 226 valence electrons. The number of para-hydroxylation sites is 2. The summed E-state index contributed by atoms with van der Waals surface area (Å²) in [6.07, 6.45) is -0.582. The van der Waals surface area contributed by atoms with Crippen LogP contribution in [0.1, 0.15) is 45.5 Å². The molecule has 4 amide bonds. The highest BCUT2D eigenvalue weighted by molar-refractivity contribution is 7.20. The maximum atomic E-state index is 13.8. The molecule has 2 aromatic heterocycles. The fourth-order valence-electron chi connectivity index (χ4n) is 4.92. The molecule has 12 nitrogen and oxygen atoms in total. The lowest BCUT2D eigenvalue weighted by atomic mass is 9.99. The Balaban J connectivity index is 1.46. The quantitative estimate of drug-likeness (QED) is 0.278. The first-order valence-electron chi connectivity index (χ1n) is 13.9. The van der Waals surface area contributed by atoms with Crippen LogP contribution in [-0.2, 0) is 0 Å². The third-order valence-electron chi connectivity index (χ3n) is 7.49. The maximum Gasteiger partial charge on any atom is 0.321 e. The number of likely N-dealkylation sites (N-methyl/N-ethyl adjacent to an activating group) is 1. The van der Waals surface area contributed by atoms with Crippen molar-refractivity contribution in [2.45, 2.75) is 39.8 Å². The number of carbonyl (C=O) groups is 3. The highest BCUT2D eigenvalue weighted by Gasteiger charge is 2.35. The number of anilines is 2. The SMILES string of the molecule is Cc1noc(C)c1NC(=O)N(C)C[C@H]1Oc2c(NC(=O)c3nc4ccccc4s3)cccc2C(=O)N([C@H](C)CO)C[C@@H]1C. The smallest absolute Gasteiger partial charge is 0.321 e. The van der Waals surface area contributed by atoms with E-state index >= 15 is 0 Å². The Morgan fingerprint density at radius 3 is 2.65 bits per heavy atom. The van der Waals surface area contributed by atoms with Crippen molar-refractivity contribution in [3.8, 4) is 5.75 Å². The number of aliphatic hydroxyl groups excluding tert-OH is 1. The highest BCUT2D eigenvalue weighted by atomic mass is 32.1. The van der Waals surface area contributed by atoms with E-state index in [0.717, 1.165) is 4.70 Å². The molecule has 0 saturated heterocycles. The zero-order valence-corrected chi connectivity index (χ0v) is 25.4. The molecule has 43 heavy (non-hydrogen) atoms. The number of amides is 4. The van der Waals surface area contributed by atoms with Crippen molar-refractivity contribution in [3.63, 3.8) is 0 Å². The number of urea groups is 1. The van der Waals surface area contributed by atoms with Crippen molar-refractivity contribution in [1.29, 1.82) is 0 Å². The van der Waals surface area contributed by atoms with Crippen LogP contribution < -0.4 is 15.4 Å². The number of thiazole rings is 1. The zero-order chi connectivity index (χ0) is 30.8. The van der Waals surface area contributed by atoms with Gasteiger partial charge in [-0.15, -0.1) is 11.3 Å². The van der Waals surface area contributed by atoms with E-state index in [-0.39, 0.29) is 53.9 Å². The molecule has 0 radical (unpaired) electrons. The van der Waals surface area contributed by atoms with Crippen molar-refractivity contribution in [1.82, 2.24) is 19.9 Å². The fourth-order valence-corrected chi connectivity index (χ4v) is 5.78. The molecule has 0 unspecified atom stereocenters. The van der Waals surface area contributed by atoms with E-state index in [2.05, 4.69) is 20.8 Å².